The van der Waals surface area contributed by atoms with E-state index in [2.05, 4.69) is 240 Å². The zero-order chi connectivity index (χ0) is 49.4. The first-order chi connectivity index (χ1) is 33.0. The zero-order valence-electron chi connectivity index (χ0n) is 44.8. The summed E-state index contributed by atoms with van der Waals surface area (Å²) < 4.78 is 0. The van der Waals surface area contributed by atoms with Gasteiger partial charge in [0.15, 0.2) is 0 Å². The summed E-state index contributed by atoms with van der Waals surface area (Å²) in [7, 11) is 0. The Kier molecular flexibility index (Phi) is 10.7. The Labute approximate surface area is 421 Å². The van der Waals surface area contributed by atoms with Crippen molar-refractivity contribution in [2.45, 2.75) is 162 Å². The van der Waals surface area contributed by atoms with Gasteiger partial charge in [0.05, 0.1) is 0 Å². The first-order valence-electron chi connectivity index (χ1n) is 26.5. The van der Waals surface area contributed by atoms with Crippen molar-refractivity contribution in [3.63, 3.8) is 0 Å². The average molecular weight is 919 g/mol. The standard InChI is InChI=1S/C67H75BN2/c1-42-33-60-62-61(34-42)70(57-39-53-50(36-44(57)3)66(11,12)41-67(53,13)14)59-40-52-51(64(7,8)31-32-65(52,9)10)38-55(59)68(62)54-29-26-47(37-58(54)69(60)56-30-27-48(35-43(56)2)63(4,5)6)49(46-23-19-16-20-24-46)28-25-45-21-17-15-18-22-45/h15-24,26-27,29-30,33-40,49H,25,28,31-32,41H2,1-14H3. The Hall–Kier alpha value is -5.80. The van der Waals surface area contributed by atoms with E-state index in [-0.39, 0.29) is 39.7 Å². The molecule has 0 saturated heterocycles. The predicted molar refractivity (Wildman–Crippen MR) is 302 cm³/mol. The van der Waals surface area contributed by atoms with Gasteiger partial charge in [-0.05, 0) is 194 Å². The third kappa shape index (κ3) is 7.51. The molecule has 2 aliphatic heterocycles. The maximum Gasteiger partial charge on any atom is 0.252 e. The Balaban J connectivity index is 1.22. The number of fused-ring (bicyclic) bond motifs is 6. The number of hydrogen-bond acceptors (Lipinski definition) is 2. The minimum atomic E-state index is 0.0364. The molecule has 2 heterocycles. The topological polar surface area (TPSA) is 6.48 Å². The molecule has 0 spiro atoms. The lowest BCUT2D eigenvalue weighted by atomic mass is 9.33. The van der Waals surface area contributed by atoms with E-state index < -0.39 is 0 Å². The van der Waals surface area contributed by atoms with E-state index in [1.54, 1.807) is 0 Å². The molecule has 0 fully saturated rings. The molecular weight excluding hydrogens is 844 g/mol. The van der Waals surface area contributed by atoms with Gasteiger partial charge in [-0.1, -0.05) is 173 Å². The van der Waals surface area contributed by atoms with Crippen LogP contribution in [0.15, 0.2) is 133 Å². The highest BCUT2D eigenvalue weighted by molar-refractivity contribution is 7.00. The van der Waals surface area contributed by atoms with Gasteiger partial charge < -0.3 is 9.80 Å². The number of hydrogen-bond donors (Lipinski definition) is 0. The fourth-order valence-corrected chi connectivity index (χ4v) is 13.8. The lowest BCUT2D eigenvalue weighted by Crippen LogP contribution is -2.62. The monoisotopic (exact) mass is 919 g/mol. The van der Waals surface area contributed by atoms with Gasteiger partial charge in [0.2, 0.25) is 0 Å². The van der Waals surface area contributed by atoms with Crippen molar-refractivity contribution in [2.75, 3.05) is 9.80 Å². The van der Waals surface area contributed by atoms with Crippen LogP contribution in [0.3, 0.4) is 0 Å². The summed E-state index contributed by atoms with van der Waals surface area (Å²) in [5.74, 6) is 0.230. The number of benzene rings is 7. The second-order valence-electron chi connectivity index (χ2n) is 25.7. The average Bonchev–Trinajstić information content (AvgIpc) is 3.48. The maximum absolute atomic E-state index is 2.73. The largest absolute Gasteiger partial charge is 0.311 e. The first kappa shape index (κ1) is 46.6. The van der Waals surface area contributed by atoms with Crippen molar-refractivity contribution in [1.29, 1.82) is 0 Å². The summed E-state index contributed by atoms with van der Waals surface area (Å²) in [5.41, 5.74) is 27.8. The normalized spacial score (nSPS) is 18.1. The summed E-state index contributed by atoms with van der Waals surface area (Å²) in [4.78, 5) is 5.41. The molecule has 0 aromatic heterocycles. The van der Waals surface area contributed by atoms with Gasteiger partial charge in [0.1, 0.15) is 0 Å². The van der Waals surface area contributed by atoms with Crippen molar-refractivity contribution >= 4 is 57.2 Å². The second kappa shape index (κ2) is 16.1. The van der Waals surface area contributed by atoms with Crippen molar-refractivity contribution in [3.05, 3.63) is 195 Å². The van der Waals surface area contributed by atoms with Crippen LogP contribution in [-0.2, 0) is 33.5 Å². The molecule has 2 aliphatic carbocycles. The predicted octanol–water partition coefficient (Wildman–Crippen LogP) is 16.1. The first-order valence-corrected chi connectivity index (χ1v) is 26.5. The third-order valence-electron chi connectivity index (χ3n) is 17.6. The maximum atomic E-state index is 2.73. The number of nitrogens with zero attached hydrogens (tertiary/aromatic N) is 2. The minimum absolute atomic E-state index is 0.0364. The number of anilines is 6. The molecule has 0 N–H and O–H groups in total. The molecule has 2 nitrogen and oxygen atoms in total. The van der Waals surface area contributed by atoms with E-state index in [1.807, 2.05) is 0 Å². The van der Waals surface area contributed by atoms with Crippen LogP contribution in [0.5, 0.6) is 0 Å². The lowest BCUT2D eigenvalue weighted by Gasteiger charge is -2.48. The van der Waals surface area contributed by atoms with Crippen LogP contribution in [0.4, 0.5) is 34.1 Å². The van der Waals surface area contributed by atoms with Gasteiger partial charge >= 0.3 is 0 Å². The van der Waals surface area contributed by atoms with Gasteiger partial charge in [0.25, 0.3) is 6.71 Å². The van der Waals surface area contributed by atoms with E-state index >= 15 is 0 Å². The highest BCUT2D eigenvalue weighted by Crippen LogP contribution is 2.55. The van der Waals surface area contributed by atoms with Crippen LogP contribution < -0.4 is 26.2 Å². The molecule has 0 bridgehead atoms. The van der Waals surface area contributed by atoms with Gasteiger partial charge in [0, 0.05) is 40.0 Å². The van der Waals surface area contributed by atoms with Crippen LogP contribution in [0, 0.1) is 20.8 Å². The summed E-state index contributed by atoms with van der Waals surface area (Å²) in [6.45, 7) is 33.9. The molecule has 11 rings (SSSR count). The third-order valence-corrected chi connectivity index (χ3v) is 17.6. The number of aryl methyl sites for hydroxylation is 4. The Morgan fingerprint density at radius 1 is 0.486 bits per heavy atom. The van der Waals surface area contributed by atoms with Crippen LogP contribution in [0.1, 0.15) is 169 Å². The van der Waals surface area contributed by atoms with Crippen LogP contribution in [-0.4, -0.2) is 6.71 Å². The Morgan fingerprint density at radius 3 is 1.66 bits per heavy atom. The van der Waals surface area contributed by atoms with Gasteiger partial charge in [-0.15, -0.1) is 0 Å². The minimum Gasteiger partial charge on any atom is -0.311 e. The fraction of sp³-hybridized carbons (Fsp3) is 0.373. The smallest absolute Gasteiger partial charge is 0.252 e. The molecule has 3 heteroatoms. The molecule has 7 aromatic rings. The van der Waals surface area contributed by atoms with E-state index in [4.69, 9.17) is 0 Å². The summed E-state index contributed by atoms with van der Waals surface area (Å²) in [6, 6.07) is 52.8. The van der Waals surface area contributed by atoms with E-state index in [1.165, 1.54) is 125 Å². The van der Waals surface area contributed by atoms with Crippen molar-refractivity contribution in [3.8, 4) is 0 Å². The molecule has 70 heavy (non-hydrogen) atoms. The molecule has 7 aromatic carbocycles. The molecule has 1 unspecified atom stereocenters. The highest BCUT2D eigenvalue weighted by Gasteiger charge is 2.48. The Bertz CT molecular complexity index is 3220. The van der Waals surface area contributed by atoms with Crippen molar-refractivity contribution < 1.29 is 0 Å². The van der Waals surface area contributed by atoms with E-state index in [9.17, 15) is 0 Å². The fourth-order valence-electron chi connectivity index (χ4n) is 13.8. The molecule has 0 saturated carbocycles. The Morgan fingerprint density at radius 2 is 1.03 bits per heavy atom. The molecule has 0 radical (unpaired) electrons. The second-order valence-corrected chi connectivity index (χ2v) is 25.7. The van der Waals surface area contributed by atoms with E-state index in [0.717, 1.165) is 19.3 Å². The van der Waals surface area contributed by atoms with Crippen LogP contribution >= 0.6 is 0 Å². The SMILES string of the molecule is Cc1cc2c3c(c1)N(c1cc4c(cc1C)C(C)(C)CC4(C)C)c1cc4c(cc1B3c1ccc(C(CCc3ccccc3)c3ccccc3)cc1N2c1ccc(C(C)(C)C)cc1C)C(C)(C)CCC4(C)C. The molecule has 4 aliphatic rings. The molecule has 356 valence electrons. The van der Waals surface area contributed by atoms with Gasteiger partial charge in [-0.2, -0.15) is 0 Å². The van der Waals surface area contributed by atoms with E-state index in [0.29, 0.717) is 0 Å². The summed E-state index contributed by atoms with van der Waals surface area (Å²) >= 11 is 0. The van der Waals surface area contributed by atoms with Crippen molar-refractivity contribution in [2.24, 2.45) is 0 Å². The lowest BCUT2D eigenvalue weighted by molar-refractivity contribution is 0.332. The summed E-state index contributed by atoms with van der Waals surface area (Å²) in [5, 5.41) is 0. The van der Waals surface area contributed by atoms with Gasteiger partial charge in [-0.3, -0.25) is 0 Å². The highest BCUT2D eigenvalue weighted by atomic mass is 15.2. The molecule has 1 atom stereocenters. The van der Waals surface area contributed by atoms with Crippen LogP contribution in [0.25, 0.3) is 0 Å². The zero-order valence-corrected chi connectivity index (χ0v) is 44.8. The molecule has 0 amide bonds. The van der Waals surface area contributed by atoms with Gasteiger partial charge in [-0.25, -0.2) is 0 Å². The number of rotatable bonds is 7. The van der Waals surface area contributed by atoms with Crippen molar-refractivity contribution in [1.82, 2.24) is 0 Å². The summed E-state index contributed by atoms with van der Waals surface area (Å²) in [6.07, 6.45) is 5.54. The molecular formula is C67H75BN2. The van der Waals surface area contributed by atoms with Crippen LogP contribution in [0.2, 0.25) is 0 Å². The quantitative estimate of drug-likeness (QED) is 0.147.